The Morgan fingerprint density at radius 2 is 2.06 bits per heavy atom. The van der Waals surface area contributed by atoms with Gasteiger partial charge in [-0.3, -0.25) is 9.67 Å². The number of rotatable bonds is 3. The SMILES string of the molecule is CCn1ncc(Cc2cnccc2Br)c1Br. The van der Waals surface area contributed by atoms with Crippen molar-refractivity contribution in [3.63, 3.8) is 0 Å². The summed E-state index contributed by atoms with van der Waals surface area (Å²) >= 11 is 7.08. The van der Waals surface area contributed by atoms with Gasteiger partial charge in [0.05, 0.1) is 6.20 Å². The summed E-state index contributed by atoms with van der Waals surface area (Å²) < 4.78 is 4.06. The zero-order valence-corrected chi connectivity index (χ0v) is 12.0. The molecule has 3 nitrogen and oxygen atoms in total. The molecule has 0 atom stereocenters. The summed E-state index contributed by atoms with van der Waals surface area (Å²) in [6, 6.07) is 1.95. The van der Waals surface area contributed by atoms with Crippen LogP contribution < -0.4 is 0 Å². The molecule has 0 fully saturated rings. The third-order valence-electron chi connectivity index (χ3n) is 2.37. The van der Waals surface area contributed by atoms with Crippen molar-refractivity contribution in [2.24, 2.45) is 0 Å². The van der Waals surface area contributed by atoms with Gasteiger partial charge in [0.2, 0.25) is 0 Å². The maximum Gasteiger partial charge on any atom is 0.107 e. The number of pyridine rings is 1. The minimum atomic E-state index is 0.828. The highest BCUT2D eigenvalue weighted by molar-refractivity contribution is 9.10. The molecule has 2 aromatic heterocycles. The largest absolute Gasteiger partial charge is 0.264 e. The quantitative estimate of drug-likeness (QED) is 0.854. The lowest BCUT2D eigenvalue weighted by Gasteiger charge is -2.03. The van der Waals surface area contributed by atoms with Crippen molar-refractivity contribution < 1.29 is 0 Å². The second-order valence-corrected chi connectivity index (χ2v) is 5.03. The Hall–Kier alpha value is -0.680. The van der Waals surface area contributed by atoms with Crippen LogP contribution in [0.3, 0.4) is 0 Å². The molecule has 0 N–H and O–H groups in total. The van der Waals surface area contributed by atoms with Crippen molar-refractivity contribution in [2.75, 3.05) is 0 Å². The molecule has 2 rings (SSSR count). The van der Waals surface area contributed by atoms with Crippen LogP contribution in [-0.4, -0.2) is 14.8 Å². The molecule has 0 saturated carbocycles. The first-order valence-electron chi connectivity index (χ1n) is 5.01. The highest BCUT2D eigenvalue weighted by Gasteiger charge is 2.09. The average molecular weight is 345 g/mol. The summed E-state index contributed by atoms with van der Waals surface area (Å²) in [5.74, 6) is 0. The monoisotopic (exact) mass is 343 g/mol. The minimum Gasteiger partial charge on any atom is -0.264 e. The molecule has 0 aliphatic heterocycles. The van der Waals surface area contributed by atoms with Gasteiger partial charge in [-0.25, -0.2) is 0 Å². The standard InChI is InChI=1S/C11H11Br2N3/c1-2-16-11(13)9(7-15-16)5-8-6-14-4-3-10(8)12/h3-4,6-7H,2,5H2,1H3. The molecule has 0 aliphatic carbocycles. The minimum absolute atomic E-state index is 0.828. The second kappa shape index (κ2) is 5.10. The average Bonchev–Trinajstić information content (AvgIpc) is 2.63. The molecule has 84 valence electrons. The van der Waals surface area contributed by atoms with Crippen molar-refractivity contribution in [1.29, 1.82) is 0 Å². The Kier molecular flexibility index (Phi) is 3.76. The van der Waals surface area contributed by atoms with Crippen LogP contribution in [0.5, 0.6) is 0 Å². The van der Waals surface area contributed by atoms with Gasteiger partial charge >= 0.3 is 0 Å². The van der Waals surface area contributed by atoms with Crippen molar-refractivity contribution in [2.45, 2.75) is 19.9 Å². The normalized spacial score (nSPS) is 10.7. The van der Waals surface area contributed by atoms with Crippen LogP contribution in [0.25, 0.3) is 0 Å². The number of aromatic nitrogens is 3. The fourth-order valence-corrected chi connectivity index (χ4v) is 2.44. The van der Waals surface area contributed by atoms with E-state index >= 15 is 0 Å². The van der Waals surface area contributed by atoms with E-state index in [-0.39, 0.29) is 0 Å². The molecule has 0 aromatic carbocycles. The zero-order chi connectivity index (χ0) is 11.5. The van der Waals surface area contributed by atoms with E-state index in [0.717, 1.165) is 22.0 Å². The molecule has 2 heterocycles. The lowest BCUT2D eigenvalue weighted by Crippen LogP contribution is -1.97. The van der Waals surface area contributed by atoms with Gasteiger partial charge in [0.1, 0.15) is 4.60 Å². The van der Waals surface area contributed by atoms with Crippen LogP contribution in [-0.2, 0) is 13.0 Å². The topological polar surface area (TPSA) is 30.7 Å². The van der Waals surface area contributed by atoms with Crippen molar-refractivity contribution >= 4 is 31.9 Å². The molecule has 0 aliphatic rings. The van der Waals surface area contributed by atoms with Crippen molar-refractivity contribution in [1.82, 2.24) is 14.8 Å². The Morgan fingerprint density at radius 3 is 2.69 bits per heavy atom. The van der Waals surface area contributed by atoms with E-state index in [1.807, 2.05) is 23.1 Å². The van der Waals surface area contributed by atoms with Crippen LogP contribution in [0.4, 0.5) is 0 Å². The fraction of sp³-hybridized carbons (Fsp3) is 0.273. The van der Waals surface area contributed by atoms with E-state index in [9.17, 15) is 0 Å². The van der Waals surface area contributed by atoms with Crippen LogP contribution in [0.1, 0.15) is 18.1 Å². The highest BCUT2D eigenvalue weighted by Crippen LogP contribution is 2.23. The molecular weight excluding hydrogens is 334 g/mol. The van der Waals surface area contributed by atoms with Gasteiger partial charge < -0.3 is 0 Å². The summed E-state index contributed by atoms with van der Waals surface area (Å²) in [6.07, 6.45) is 6.37. The Balaban J connectivity index is 2.27. The van der Waals surface area contributed by atoms with Gasteiger partial charge in [0.15, 0.2) is 0 Å². The number of aryl methyl sites for hydroxylation is 1. The third-order valence-corrected chi connectivity index (χ3v) is 4.06. The van der Waals surface area contributed by atoms with Crippen LogP contribution in [0.15, 0.2) is 33.7 Å². The lowest BCUT2D eigenvalue weighted by atomic mass is 10.1. The van der Waals surface area contributed by atoms with Gasteiger partial charge in [-0.2, -0.15) is 5.10 Å². The zero-order valence-electron chi connectivity index (χ0n) is 8.82. The van der Waals surface area contributed by atoms with E-state index in [0.29, 0.717) is 0 Å². The molecule has 16 heavy (non-hydrogen) atoms. The van der Waals surface area contributed by atoms with E-state index in [1.54, 1.807) is 6.20 Å². The molecule has 0 spiro atoms. The van der Waals surface area contributed by atoms with Crippen LogP contribution in [0.2, 0.25) is 0 Å². The van der Waals surface area contributed by atoms with Gasteiger partial charge in [-0.05, 0) is 34.5 Å². The van der Waals surface area contributed by atoms with Crippen LogP contribution >= 0.6 is 31.9 Å². The first-order chi connectivity index (χ1) is 7.72. The highest BCUT2D eigenvalue weighted by atomic mass is 79.9. The van der Waals surface area contributed by atoms with E-state index in [4.69, 9.17) is 0 Å². The molecule has 0 amide bonds. The lowest BCUT2D eigenvalue weighted by molar-refractivity contribution is 0.644. The summed E-state index contributed by atoms with van der Waals surface area (Å²) in [4.78, 5) is 4.13. The maximum atomic E-state index is 4.29. The molecule has 5 heteroatoms. The summed E-state index contributed by atoms with van der Waals surface area (Å²) in [5.41, 5.74) is 2.34. The summed E-state index contributed by atoms with van der Waals surface area (Å²) in [7, 11) is 0. The Bertz CT molecular complexity index is 494. The number of nitrogens with zero attached hydrogens (tertiary/aromatic N) is 3. The van der Waals surface area contributed by atoms with Gasteiger partial charge in [0, 0.05) is 35.4 Å². The van der Waals surface area contributed by atoms with Gasteiger partial charge in [-0.1, -0.05) is 15.9 Å². The maximum absolute atomic E-state index is 4.29. The predicted octanol–water partition coefficient (Wildman–Crippen LogP) is 3.41. The molecule has 2 aromatic rings. The molecule has 0 unspecified atom stereocenters. The van der Waals surface area contributed by atoms with E-state index in [2.05, 4.69) is 48.9 Å². The van der Waals surface area contributed by atoms with E-state index in [1.165, 1.54) is 11.1 Å². The molecular formula is C11H11Br2N3. The van der Waals surface area contributed by atoms with Crippen LogP contribution in [0, 0.1) is 0 Å². The number of halogens is 2. The molecule has 0 radical (unpaired) electrons. The predicted molar refractivity (Wildman–Crippen MR) is 70.3 cm³/mol. The van der Waals surface area contributed by atoms with Crippen molar-refractivity contribution in [3.8, 4) is 0 Å². The van der Waals surface area contributed by atoms with E-state index < -0.39 is 0 Å². The van der Waals surface area contributed by atoms with Crippen molar-refractivity contribution in [3.05, 3.63) is 44.9 Å². The molecule has 0 saturated heterocycles. The Labute approximate surface area is 111 Å². The van der Waals surface area contributed by atoms with Gasteiger partial charge in [0.25, 0.3) is 0 Å². The second-order valence-electron chi connectivity index (χ2n) is 3.42. The smallest absolute Gasteiger partial charge is 0.107 e. The molecule has 0 bridgehead atoms. The number of hydrogen-bond donors (Lipinski definition) is 0. The number of hydrogen-bond acceptors (Lipinski definition) is 2. The summed E-state index contributed by atoms with van der Waals surface area (Å²) in [5, 5.41) is 4.29. The summed E-state index contributed by atoms with van der Waals surface area (Å²) in [6.45, 7) is 2.94. The third kappa shape index (κ3) is 2.35. The fourth-order valence-electron chi connectivity index (χ4n) is 1.49. The first-order valence-corrected chi connectivity index (χ1v) is 6.59. The first kappa shape index (κ1) is 11.8. The van der Waals surface area contributed by atoms with Gasteiger partial charge in [-0.15, -0.1) is 0 Å². The Morgan fingerprint density at radius 1 is 1.25 bits per heavy atom.